The summed E-state index contributed by atoms with van der Waals surface area (Å²) in [5.41, 5.74) is 2.87. The molecule has 33 heavy (non-hydrogen) atoms. The third-order valence-corrected chi connectivity index (χ3v) is 5.09. The number of aromatic nitrogens is 2. The van der Waals surface area contributed by atoms with Gasteiger partial charge < -0.3 is 15.4 Å². The Hall–Kier alpha value is -3.52. The maximum absolute atomic E-state index is 13.9. The number of nitrogens with zero attached hydrogens (tertiary/aromatic N) is 2. The fraction of sp³-hybridized carbons (Fsp3) is 0.320. The van der Waals surface area contributed by atoms with Crippen LogP contribution in [0.1, 0.15) is 31.4 Å². The molecule has 0 radical (unpaired) electrons. The first-order chi connectivity index (χ1) is 16.0. The molecule has 174 valence electrons. The van der Waals surface area contributed by atoms with Crippen LogP contribution in [-0.2, 0) is 14.3 Å². The summed E-state index contributed by atoms with van der Waals surface area (Å²) >= 11 is 0. The van der Waals surface area contributed by atoms with Gasteiger partial charge in [0.15, 0.2) is 0 Å². The van der Waals surface area contributed by atoms with Gasteiger partial charge in [-0.3, -0.25) is 9.59 Å². The molecule has 0 saturated carbocycles. The summed E-state index contributed by atoms with van der Waals surface area (Å²) in [6.45, 7) is 2.98. The highest BCUT2D eigenvalue weighted by Crippen LogP contribution is 2.33. The second kappa shape index (κ2) is 11.9. The van der Waals surface area contributed by atoms with Gasteiger partial charge in [-0.15, -0.1) is 0 Å². The van der Waals surface area contributed by atoms with E-state index in [1.54, 1.807) is 23.9 Å². The largest absolute Gasteiger partial charge is 0.385 e. The highest BCUT2D eigenvalue weighted by atomic mass is 19.1. The van der Waals surface area contributed by atoms with Crippen molar-refractivity contribution in [2.24, 2.45) is 0 Å². The van der Waals surface area contributed by atoms with Crippen molar-refractivity contribution < 1.29 is 18.7 Å². The van der Waals surface area contributed by atoms with Crippen molar-refractivity contribution in [3.05, 3.63) is 66.1 Å². The molecule has 0 spiro atoms. The van der Waals surface area contributed by atoms with Crippen molar-refractivity contribution in [2.45, 2.75) is 32.6 Å². The monoisotopic (exact) mass is 452 g/mol. The van der Waals surface area contributed by atoms with Crippen LogP contribution in [0.25, 0.3) is 16.8 Å². The van der Waals surface area contributed by atoms with Crippen molar-refractivity contribution >= 4 is 17.6 Å². The average Bonchev–Trinajstić information content (AvgIpc) is 3.13. The highest BCUT2D eigenvalue weighted by Gasteiger charge is 2.20. The smallest absolute Gasteiger partial charge is 0.225 e. The molecule has 0 aliphatic carbocycles. The van der Waals surface area contributed by atoms with Gasteiger partial charge in [0.1, 0.15) is 11.6 Å². The number of rotatable bonds is 11. The lowest BCUT2D eigenvalue weighted by molar-refractivity contribution is -0.121. The number of anilines is 1. The van der Waals surface area contributed by atoms with Crippen molar-refractivity contribution in [2.75, 3.05) is 25.6 Å². The van der Waals surface area contributed by atoms with Crippen molar-refractivity contribution in [3.8, 4) is 16.8 Å². The molecule has 3 aromatic rings. The van der Waals surface area contributed by atoms with Crippen LogP contribution in [0.4, 0.5) is 10.2 Å². The molecule has 1 aromatic heterocycles. The second-order valence-corrected chi connectivity index (χ2v) is 7.66. The molecule has 0 saturated heterocycles. The number of carbonyl (C=O) groups excluding carboxylic acids is 2. The van der Waals surface area contributed by atoms with E-state index in [9.17, 15) is 14.0 Å². The molecular weight excluding hydrogens is 423 g/mol. The molecule has 0 bridgehead atoms. The summed E-state index contributed by atoms with van der Waals surface area (Å²) in [7, 11) is 1.62. The molecule has 1 heterocycles. The molecule has 0 atom stereocenters. The molecule has 0 fully saturated rings. The molecule has 7 nitrogen and oxygen atoms in total. The molecule has 2 N–H and O–H groups in total. The van der Waals surface area contributed by atoms with E-state index in [2.05, 4.69) is 15.7 Å². The van der Waals surface area contributed by atoms with Crippen LogP contribution in [0.3, 0.4) is 0 Å². The standard InChI is InChI=1S/C25H29FN4O3/c1-18-24(19-9-4-3-5-10-19)25(30(29-18)21-12-6-11-20(26)17-21)28-23(32)14-7-13-22(31)27-15-8-16-33-2/h3-6,9-12,17H,7-8,13-16H2,1-2H3,(H,27,31)(H,28,32). The predicted molar refractivity (Wildman–Crippen MR) is 126 cm³/mol. The molecule has 8 heteroatoms. The number of hydrogen-bond donors (Lipinski definition) is 2. The summed E-state index contributed by atoms with van der Waals surface area (Å²) in [6.07, 6.45) is 1.59. The third kappa shape index (κ3) is 6.73. The minimum absolute atomic E-state index is 0.0930. The Morgan fingerprint density at radius 3 is 2.52 bits per heavy atom. The van der Waals surface area contributed by atoms with Crippen LogP contribution in [0.2, 0.25) is 0 Å². The molecule has 2 amide bonds. The first-order valence-electron chi connectivity index (χ1n) is 11.0. The van der Waals surface area contributed by atoms with Gasteiger partial charge in [0.2, 0.25) is 11.8 Å². The van der Waals surface area contributed by atoms with Crippen LogP contribution >= 0.6 is 0 Å². The van der Waals surface area contributed by atoms with E-state index in [0.29, 0.717) is 36.8 Å². The Morgan fingerprint density at radius 1 is 1.03 bits per heavy atom. The molecule has 2 aromatic carbocycles. The van der Waals surface area contributed by atoms with Gasteiger partial charge >= 0.3 is 0 Å². The van der Waals surface area contributed by atoms with Crippen molar-refractivity contribution in [1.82, 2.24) is 15.1 Å². The zero-order valence-electron chi connectivity index (χ0n) is 18.9. The molecule has 0 aliphatic heterocycles. The first-order valence-corrected chi connectivity index (χ1v) is 11.0. The van der Waals surface area contributed by atoms with E-state index in [4.69, 9.17) is 4.74 Å². The van der Waals surface area contributed by atoms with E-state index in [1.165, 1.54) is 12.1 Å². The van der Waals surface area contributed by atoms with Crippen molar-refractivity contribution in [1.29, 1.82) is 0 Å². The van der Waals surface area contributed by atoms with Gasteiger partial charge in [-0.1, -0.05) is 36.4 Å². The first kappa shape index (κ1) is 24.1. The number of carbonyl (C=O) groups is 2. The fourth-order valence-electron chi connectivity index (χ4n) is 3.52. The van der Waals surface area contributed by atoms with Gasteiger partial charge in [-0.05, 0) is 43.5 Å². The number of methoxy groups -OCH3 is 1. The zero-order chi connectivity index (χ0) is 23.6. The summed E-state index contributed by atoms with van der Waals surface area (Å²) in [5, 5.41) is 10.3. The average molecular weight is 453 g/mol. The highest BCUT2D eigenvalue weighted by molar-refractivity contribution is 5.95. The Balaban J connectivity index is 1.74. The van der Waals surface area contributed by atoms with Crippen LogP contribution in [0.5, 0.6) is 0 Å². The van der Waals surface area contributed by atoms with E-state index in [-0.39, 0.29) is 24.7 Å². The van der Waals surface area contributed by atoms with E-state index in [1.807, 2.05) is 37.3 Å². The maximum atomic E-state index is 13.9. The number of nitrogens with one attached hydrogen (secondary N) is 2. The molecular formula is C25H29FN4O3. The van der Waals surface area contributed by atoms with Crippen LogP contribution < -0.4 is 10.6 Å². The van der Waals surface area contributed by atoms with Gasteiger partial charge in [-0.2, -0.15) is 5.10 Å². The fourth-order valence-corrected chi connectivity index (χ4v) is 3.52. The predicted octanol–water partition coefficient (Wildman–Crippen LogP) is 4.25. The minimum atomic E-state index is -0.393. The normalized spacial score (nSPS) is 10.8. The quantitative estimate of drug-likeness (QED) is 0.426. The Labute approximate surface area is 193 Å². The summed E-state index contributed by atoms with van der Waals surface area (Å²) in [4.78, 5) is 24.7. The van der Waals surface area contributed by atoms with E-state index >= 15 is 0 Å². The number of benzene rings is 2. The Kier molecular flexibility index (Phi) is 8.71. The lowest BCUT2D eigenvalue weighted by atomic mass is 10.1. The van der Waals surface area contributed by atoms with Gasteiger partial charge in [0.25, 0.3) is 0 Å². The Bertz CT molecular complexity index is 1080. The molecule has 0 unspecified atom stereocenters. The van der Waals surface area contributed by atoms with Gasteiger partial charge in [0, 0.05) is 38.7 Å². The summed E-state index contributed by atoms with van der Waals surface area (Å²) < 4.78 is 20.4. The van der Waals surface area contributed by atoms with Gasteiger partial charge in [-0.25, -0.2) is 9.07 Å². The zero-order valence-corrected chi connectivity index (χ0v) is 18.9. The lowest BCUT2D eigenvalue weighted by Crippen LogP contribution is -2.25. The van der Waals surface area contributed by atoms with Crippen molar-refractivity contribution in [3.63, 3.8) is 0 Å². The third-order valence-electron chi connectivity index (χ3n) is 5.09. The number of aryl methyl sites for hydroxylation is 1. The van der Waals surface area contributed by atoms with Crippen LogP contribution in [0, 0.1) is 12.7 Å². The topological polar surface area (TPSA) is 85.2 Å². The van der Waals surface area contributed by atoms with E-state index in [0.717, 1.165) is 17.5 Å². The number of amides is 2. The van der Waals surface area contributed by atoms with Crippen LogP contribution in [0.15, 0.2) is 54.6 Å². The summed E-state index contributed by atoms with van der Waals surface area (Å²) in [6, 6.07) is 15.6. The van der Waals surface area contributed by atoms with E-state index < -0.39 is 5.82 Å². The molecule has 0 aliphatic rings. The number of halogens is 1. The van der Waals surface area contributed by atoms with Gasteiger partial charge in [0.05, 0.1) is 11.4 Å². The number of ether oxygens (including phenoxy) is 1. The lowest BCUT2D eigenvalue weighted by Gasteiger charge is -2.12. The second-order valence-electron chi connectivity index (χ2n) is 7.66. The maximum Gasteiger partial charge on any atom is 0.225 e. The molecule has 3 rings (SSSR count). The van der Waals surface area contributed by atoms with Crippen LogP contribution in [-0.4, -0.2) is 41.9 Å². The summed E-state index contributed by atoms with van der Waals surface area (Å²) in [5.74, 6) is -0.254. The SMILES string of the molecule is COCCCNC(=O)CCCC(=O)Nc1c(-c2ccccc2)c(C)nn1-c1cccc(F)c1. The Morgan fingerprint density at radius 2 is 1.79 bits per heavy atom. The minimum Gasteiger partial charge on any atom is -0.385 e. The number of hydrogen-bond acceptors (Lipinski definition) is 4.